The zero-order valence-corrected chi connectivity index (χ0v) is 23.7. The Kier molecular flexibility index (Phi) is 11.1. The van der Waals surface area contributed by atoms with E-state index in [1.54, 1.807) is 0 Å². The molecule has 0 aliphatic carbocycles. The molecule has 3 heteroatoms. The summed E-state index contributed by atoms with van der Waals surface area (Å²) in [7, 11) is 0. The van der Waals surface area contributed by atoms with E-state index in [9.17, 15) is 0 Å². The van der Waals surface area contributed by atoms with Crippen LogP contribution in [0.3, 0.4) is 0 Å². The molecule has 35 heavy (non-hydrogen) atoms. The maximum absolute atomic E-state index is 4.80. The molecular weight excluding hydrogens is 426 g/mol. The first-order valence-electron chi connectivity index (χ1n) is 13.4. The van der Waals surface area contributed by atoms with E-state index in [0.717, 1.165) is 48.7 Å². The third-order valence-electron chi connectivity index (χ3n) is 7.22. The summed E-state index contributed by atoms with van der Waals surface area (Å²) in [6, 6.07) is 9.45. The molecule has 1 heterocycles. The predicted octanol–water partition coefficient (Wildman–Crippen LogP) is 8.36. The van der Waals surface area contributed by atoms with Crippen LogP contribution >= 0.6 is 0 Å². The summed E-state index contributed by atoms with van der Waals surface area (Å²) in [5, 5.41) is 3.88. The van der Waals surface area contributed by atoms with Gasteiger partial charge in [0.15, 0.2) is 0 Å². The van der Waals surface area contributed by atoms with Crippen LogP contribution in [0.1, 0.15) is 86.6 Å². The molecule has 0 radical (unpaired) electrons. The molecule has 2 rings (SSSR count). The molecule has 0 aromatic heterocycles. The molecule has 1 saturated heterocycles. The van der Waals surface area contributed by atoms with Gasteiger partial charge in [-0.25, -0.2) is 0 Å². The Balaban J connectivity index is 2.59. The van der Waals surface area contributed by atoms with E-state index in [1.165, 1.54) is 40.8 Å². The van der Waals surface area contributed by atoms with Gasteiger partial charge in [-0.3, -0.25) is 4.99 Å². The summed E-state index contributed by atoms with van der Waals surface area (Å²) in [6.07, 6.45) is 6.46. The molecule has 1 aliphatic heterocycles. The van der Waals surface area contributed by atoms with E-state index in [2.05, 4.69) is 109 Å². The highest BCUT2D eigenvalue weighted by atomic mass is 15.1. The van der Waals surface area contributed by atoms with Crippen LogP contribution in [-0.2, 0) is 0 Å². The number of nitrogens with one attached hydrogen (secondary N) is 1. The van der Waals surface area contributed by atoms with Crippen molar-refractivity contribution >= 4 is 17.6 Å². The number of anilines is 1. The zero-order chi connectivity index (χ0) is 26.1. The van der Waals surface area contributed by atoms with E-state index in [0.29, 0.717) is 0 Å². The van der Waals surface area contributed by atoms with Gasteiger partial charge in [-0.15, -0.1) is 0 Å². The van der Waals surface area contributed by atoms with Gasteiger partial charge >= 0.3 is 0 Å². The molecule has 0 bridgehead atoms. The Bertz CT molecular complexity index is 955. The lowest BCUT2D eigenvalue weighted by Crippen LogP contribution is -2.30. The molecule has 192 valence electrons. The van der Waals surface area contributed by atoms with Crippen molar-refractivity contribution in [2.45, 2.75) is 93.2 Å². The van der Waals surface area contributed by atoms with Crippen LogP contribution in [0.25, 0.3) is 5.70 Å². The van der Waals surface area contributed by atoms with Crippen molar-refractivity contribution < 1.29 is 0 Å². The second-order valence-electron chi connectivity index (χ2n) is 10.7. The molecule has 0 saturated carbocycles. The largest absolute Gasteiger partial charge is 0.377 e. The van der Waals surface area contributed by atoms with Gasteiger partial charge in [0.05, 0.1) is 11.7 Å². The Hall–Kier alpha value is -2.55. The minimum Gasteiger partial charge on any atom is -0.377 e. The normalized spacial score (nSPS) is 17.5. The van der Waals surface area contributed by atoms with Gasteiger partial charge in [-0.2, -0.15) is 0 Å². The molecule has 2 atom stereocenters. The Morgan fingerprint density at radius 3 is 2.26 bits per heavy atom. The highest BCUT2D eigenvalue weighted by Gasteiger charge is 2.22. The molecule has 1 N–H and O–H groups in total. The lowest BCUT2D eigenvalue weighted by Gasteiger charge is -2.26. The summed E-state index contributed by atoms with van der Waals surface area (Å²) in [5.74, 6) is 0.814. The average molecular weight is 476 g/mol. The topological polar surface area (TPSA) is 27.6 Å². The minimum absolute atomic E-state index is 0.119. The smallest absolute Gasteiger partial charge is 0.0510 e. The molecule has 1 fully saturated rings. The first kappa shape index (κ1) is 28.7. The van der Waals surface area contributed by atoms with Gasteiger partial charge in [0.2, 0.25) is 0 Å². The van der Waals surface area contributed by atoms with Crippen molar-refractivity contribution in [2.24, 2.45) is 10.9 Å². The summed E-state index contributed by atoms with van der Waals surface area (Å²) in [6.45, 7) is 28.3. The van der Waals surface area contributed by atoms with E-state index < -0.39 is 0 Å². The van der Waals surface area contributed by atoms with Crippen LogP contribution in [0.15, 0.2) is 70.3 Å². The van der Waals surface area contributed by atoms with Crippen molar-refractivity contribution in [1.82, 2.24) is 5.32 Å². The van der Waals surface area contributed by atoms with Crippen LogP contribution in [0.2, 0.25) is 0 Å². The van der Waals surface area contributed by atoms with E-state index >= 15 is 0 Å². The number of hydrogen-bond donors (Lipinski definition) is 1. The minimum atomic E-state index is 0.119. The molecule has 1 aromatic rings. The van der Waals surface area contributed by atoms with Crippen molar-refractivity contribution in [3.8, 4) is 0 Å². The number of hydrogen-bond acceptors (Lipinski definition) is 3. The van der Waals surface area contributed by atoms with Gasteiger partial charge < -0.3 is 10.2 Å². The molecule has 3 nitrogen and oxygen atoms in total. The lowest BCUT2D eigenvalue weighted by molar-refractivity contribution is 0.569. The Labute approximate surface area is 215 Å². The molecule has 1 aliphatic rings. The lowest BCUT2D eigenvalue weighted by atomic mass is 9.95. The number of rotatable bonds is 12. The monoisotopic (exact) mass is 475 g/mol. The Morgan fingerprint density at radius 1 is 1.11 bits per heavy atom. The van der Waals surface area contributed by atoms with E-state index in [4.69, 9.17) is 4.99 Å². The average Bonchev–Trinajstić information content (AvgIpc) is 3.31. The molecule has 0 amide bonds. The third-order valence-corrected chi connectivity index (χ3v) is 7.22. The molecule has 2 unspecified atom stereocenters. The third kappa shape index (κ3) is 8.26. The quantitative estimate of drug-likeness (QED) is 0.187. The number of aliphatic imine (C=N–C) groups is 1. The predicted molar refractivity (Wildman–Crippen MR) is 157 cm³/mol. The fraction of sp³-hybridized carbons (Fsp3) is 0.531. The van der Waals surface area contributed by atoms with E-state index in [-0.39, 0.29) is 12.1 Å². The number of allylic oxidation sites excluding steroid dienone is 3. The second-order valence-corrected chi connectivity index (χ2v) is 10.7. The van der Waals surface area contributed by atoms with Crippen LogP contribution in [0, 0.1) is 5.92 Å². The summed E-state index contributed by atoms with van der Waals surface area (Å²) in [4.78, 5) is 7.32. The van der Waals surface area contributed by atoms with Crippen molar-refractivity contribution in [3.05, 3.63) is 70.9 Å². The summed E-state index contributed by atoms with van der Waals surface area (Å²) < 4.78 is 0. The maximum atomic E-state index is 4.80. The summed E-state index contributed by atoms with van der Waals surface area (Å²) >= 11 is 0. The van der Waals surface area contributed by atoms with Crippen molar-refractivity contribution in [2.75, 3.05) is 18.0 Å². The van der Waals surface area contributed by atoms with Crippen molar-refractivity contribution in [3.63, 3.8) is 0 Å². The second kappa shape index (κ2) is 13.5. The first-order valence-corrected chi connectivity index (χ1v) is 13.4. The molecular formula is C32H49N3. The zero-order valence-electron chi connectivity index (χ0n) is 23.7. The van der Waals surface area contributed by atoms with Crippen LogP contribution in [-0.4, -0.2) is 31.4 Å². The van der Waals surface area contributed by atoms with Gasteiger partial charge in [0.25, 0.3) is 0 Å². The van der Waals surface area contributed by atoms with Gasteiger partial charge in [-0.1, -0.05) is 62.3 Å². The van der Waals surface area contributed by atoms with Gasteiger partial charge in [0.1, 0.15) is 0 Å². The number of benzene rings is 1. The van der Waals surface area contributed by atoms with Crippen LogP contribution in [0.4, 0.5) is 5.69 Å². The van der Waals surface area contributed by atoms with Crippen LogP contribution in [0.5, 0.6) is 0 Å². The fourth-order valence-electron chi connectivity index (χ4n) is 4.35. The van der Waals surface area contributed by atoms with Gasteiger partial charge in [-0.05, 0) is 90.0 Å². The standard InChI is InChI=1S/C32H49N3/c1-11-25(9)19-31(23(5)6)34-32(30(20-33-24(7)8)26(10)22(3)4)28-13-15-29(16-14-28)35-18-17-27(12-2)21-35/h13-16,20,24,27,31,34H,5,9,11-12,17-19,21H2,1-4,6-8,10H3. The number of nitrogens with zero attached hydrogens (tertiary/aromatic N) is 2. The first-order chi connectivity index (χ1) is 16.6. The molecule has 1 aromatic carbocycles. The maximum Gasteiger partial charge on any atom is 0.0510 e. The SMILES string of the molecule is C=C(CC)CC(NC(=C(C=NC(C)C)C(C)=C(C)C)c1ccc(N2CCC(CC)C2)cc1)C(=C)C. The van der Waals surface area contributed by atoms with Crippen LogP contribution < -0.4 is 10.2 Å². The van der Waals surface area contributed by atoms with E-state index in [1.807, 2.05) is 0 Å². The van der Waals surface area contributed by atoms with Crippen molar-refractivity contribution in [1.29, 1.82) is 0 Å². The highest BCUT2D eigenvalue weighted by molar-refractivity contribution is 5.96. The van der Waals surface area contributed by atoms with Gasteiger partial charge in [0, 0.05) is 36.6 Å². The fourth-order valence-corrected chi connectivity index (χ4v) is 4.35. The summed E-state index contributed by atoms with van der Waals surface area (Å²) in [5.41, 5.74) is 9.65. The molecule has 0 spiro atoms. The Morgan fingerprint density at radius 2 is 1.77 bits per heavy atom. The highest BCUT2D eigenvalue weighted by Crippen LogP contribution is 2.30.